The Morgan fingerprint density at radius 1 is 1.16 bits per heavy atom. The smallest absolute Gasteiger partial charge is 0.481 e. The molecule has 130 valence electrons. The molecule has 0 radical (unpaired) electrons. The van der Waals surface area contributed by atoms with Gasteiger partial charge in [0.15, 0.2) is 10.6 Å². The van der Waals surface area contributed by atoms with Crippen molar-refractivity contribution in [2.45, 2.75) is 16.1 Å². The van der Waals surface area contributed by atoms with Gasteiger partial charge in [-0.05, 0) is 24.3 Å². The van der Waals surface area contributed by atoms with E-state index in [1.54, 1.807) is 6.07 Å². The summed E-state index contributed by atoms with van der Waals surface area (Å²) in [6.07, 6.45) is 0. The van der Waals surface area contributed by atoms with Gasteiger partial charge >= 0.3 is 11.2 Å². The minimum atomic E-state index is -4.82. The number of ether oxygens (including phenoxy) is 1. The van der Waals surface area contributed by atoms with Gasteiger partial charge < -0.3 is 9.29 Å². The molecule has 0 bridgehead atoms. The molecule has 1 heterocycles. The van der Waals surface area contributed by atoms with Crippen molar-refractivity contribution in [1.29, 1.82) is 5.26 Å². The maximum atomic E-state index is 13.7. The van der Waals surface area contributed by atoms with Gasteiger partial charge in [-0.25, -0.2) is 4.39 Å². The molecular weight excluding hydrogens is 389 g/mol. The van der Waals surface area contributed by atoms with Crippen LogP contribution >= 0.6 is 11.6 Å². The highest BCUT2D eigenvalue weighted by molar-refractivity contribution is 7.93. The Morgan fingerprint density at radius 2 is 1.84 bits per heavy atom. The molecule has 0 amide bonds. The van der Waals surface area contributed by atoms with E-state index in [-0.39, 0.29) is 17.1 Å². The third-order valence-electron chi connectivity index (χ3n) is 3.41. The molecule has 0 saturated heterocycles. The van der Waals surface area contributed by atoms with E-state index in [0.717, 1.165) is 24.3 Å². The molecule has 1 aliphatic rings. The van der Waals surface area contributed by atoms with E-state index < -0.39 is 43.7 Å². The number of fused-ring (bicyclic) bond motifs is 1. The van der Waals surface area contributed by atoms with Crippen LogP contribution in [0, 0.1) is 17.1 Å². The molecule has 0 spiro atoms. The molecule has 25 heavy (non-hydrogen) atoms. The molecule has 3 nitrogen and oxygen atoms in total. The monoisotopic (exact) mass is 393 g/mol. The first kappa shape index (κ1) is 17.8. The maximum absolute atomic E-state index is 13.7. The van der Waals surface area contributed by atoms with Gasteiger partial charge in [0.2, 0.25) is 0 Å². The number of nitrogens with zero attached hydrogens (tertiary/aromatic N) is 1. The third kappa shape index (κ3) is 2.61. The van der Waals surface area contributed by atoms with Crippen molar-refractivity contribution < 1.29 is 31.2 Å². The molecule has 2 aromatic carbocycles. The Labute approximate surface area is 145 Å². The Hall–Kier alpha value is -2.02. The average molecular weight is 394 g/mol. The van der Waals surface area contributed by atoms with E-state index in [0.29, 0.717) is 6.07 Å². The van der Waals surface area contributed by atoms with Gasteiger partial charge in [0, 0.05) is 6.07 Å². The molecule has 0 fully saturated rings. The van der Waals surface area contributed by atoms with Crippen LogP contribution in [-0.4, -0.2) is 9.81 Å². The van der Waals surface area contributed by atoms with Crippen LogP contribution in [0.2, 0.25) is 5.02 Å². The zero-order valence-corrected chi connectivity index (χ0v) is 13.4. The van der Waals surface area contributed by atoms with Crippen molar-refractivity contribution in [3.05, 3.63) is 52.3 Å². The van der Waals surface area contributed by atoms with E-state index >= 15 is 0 Å². The molecule has 3 rings (SSSR count). The van der Waals surface area contributed by atoms with Gasteiger partial charge in [0.1, 0.15) is 16.6 Å². The molecule has 0 aromatic heterocycles. The van der Waals surface area contributed by atoms with Crippen molar-refractivity contribution in [2.24, 2.45) is 0 Å². The summed E-state index contributed by atoms with van der Waals surface area (Å²) in [4.78, 5) is -0.939. The number of nitriles is 1. The molecular formula is C15H5ClF5NO2S. The van der Waals surface area contributed by atoms with E-state index in [1.807, 2.05) is 0 Å². The van der Waals surface area contributed by atoms with Crippen LogP contribution in [-0.2, 0) is 17.1 Å². The number of hydrogen-bond donors (Lipinski definition) is 0. The lowest BCUT2D eigenvalue weighted by Crippen LogP contribution is -2.38. The Bertz CT molecular complexity index is 916. The minimum absolute atomic E-state index is 0.0890. The van der Waals surface area contributed by atoms with Crippen LogP contribution in [0.5, 0.6) is 11.5 Å². The van der Waals surface area contributed by atoms with Crippen LogP contribution in [0.3, 0.4) is 0 Å². The summed E-state index contributed by atoms with van der Waals surface area (Å²) in [6.45, 7) is 0. The molecule has 1 unspecified atom stereocenters. The fraction of sp³-hybridized carbons (Fsp3) is 0.133. The molecule has 2 aromatic rings. The van der Waals surface area contributed by atoms with Crippen LogP contribution < -0.4 is 4.74 Å². The predicted octanol–water partition coefficient (Wildman–Crippen LogP) is 4.95. The Balaban J connectivity index is 2.07. The molecule has 0 saturated carbocycles. The first-order valence-corrected chi connectivity index (χ1v) is 8.01. The quantitative estimate of drug-likeness (QED) is 0.536. The molecule has 10 heteroatoms. The van der Waals surface area contributed by atoms with Crippen molar-refractivity contribution >= 4 is 22.8 Å². The predicted molar refractivity (Wildman–Crippen MR) is 77.9 cm³/mol. The van der Waals surface area contributed by atoms with Crippen LogP contribution in [0.1, 0.15) is 11.1 Å². The summed E-state index contributed by atoms with van der Waals surface area (Å²) >= 11 is 2.43. The number of benzene rings is 2. The summed E-state index contributed by atoms with van der Waals surface area (Å²) in [7, 11) is 0. The van der Waals surface area contributed by atoms with Gasteiger partial charge in [-0.15, -0.1) is 8.78 Å². The lowest BCUT2D eigenvalue weighted by atomic mass is 10.1. The standard InChI is InChI=1S/C15H5ClF5NO2S/c16-12-11(24-9-4-7(6-22)3-8(17)5-9)2-1-10-13(12)25(23)15(20,21)14(10,18)19/h1-5H. The van der Waals surface area contributed by atoms with E-state index in [1.165, 1.54) is 0 Å². The summed E-state index contributed by atoms with van der Waals surface area (Å²) in [5, 5.41) is 3.27. The number of halogens is 6. The highest BCUT2D eigenvalue weighted by atomic mass is 35.5. The maximum Gasteiger partial charge on any atom is 0.481 e. The van der Waals surface area contributed by atoms with Crippen LogP contribution in [0.15, 0.2) is 35.2 Å². The molecule has 0 aliphatic carbocycles. The summed E-state index contributed by atoms with van der Waals surface area (Å²) in [5.41, 5.74) is -1.25. The zero-order chi connectivity index (χ0) is 18.6. The highest BCUT2D eigenvalue weighted by Gasteiger charge is 2.75. The van der Waals surface area contributed by atoms with Crippen molar-refractivity contribution in [1.82, 2.24) is 0 Å². The molecule has 0 N–H and O–H groups in total. The number of alkyl halides is 4. The lowest BCUT2D eigenvalue weighted by molar-refractivity contribution is -0.158. The highest BCUT2D eigenvalue weighted by Crippen LogP contribution is 2.59. The zero-order valence-electron chi connectivity index (χ0n) is 11.8. The Morgan fingerprint density at radius 3 is 2.48 bits per heavy atom. The summed E-state index contributed by atoms with van der Waals surface area (Å²) in [6, 6.07) is 6.12. The SMILES string of the molecule is N#Cc1cc(F)cc(Oc2ccc3c(c2Cl)[S+]([O-])C(F)(F)C3(F)F)c1. The first-order valence-electron chi connectivity index (χ1n) is 6.48. The Kier molecular flexibility index (Phi) is 4.10. The van der Waals surface area contributed by atoms with E-state index in [9.17, 15) is 26.5 Å². The van der Waals surface area contributed by atoms with Gasteiger partial charge in [0.05, 0.1) is 28.4 Å². The van der Waals surface area contributed by atoms with Crippen molar-refractivity contribution in [3.8, 4) is 17.6 Å². The van der Waals surface area contributed by atoms with Gasteiger partial charge in [-0.2, -0.15) is 14.0 Å². The fourth-order valence-corrected chi connectivity index (χ4v) is 3.93. The summed E-state index contributed by atoms with van der Waals surface area (Å²) in [5.74, 6) is -6.05. The van der Waals surface area contributed by atoms with Gasteiger partial charge in [-0.1, -0.05) is 11.6 Å². The van der Waals surface area contributed by atoms with Gasteiger partial charge in [-0.3, -0.25) is 0 Å². The second-order valence-electron chi connectivity index (χ2n) is 5.00. The van der Waals surface area contributed by atoms with E-state index in [4.69, 9.17) is 21.6 Å². The van der Waals surface area contributed by atoms with Crippen LogP contribution in [0.25, 0.3) is 0 Å². The lowest BCUT2D eigenvalue weighted by Gasteiger charge is -2.17. The fourth-order valence-electron chi connectivity index (χ4n) is 2.26. The minimum Gasteiger partial charge on any atom is -0.606 e. The summed E-state index contributed by atoms with van der Waals surface area (Å²) < 4.78 is 84.9. The second kappa shape index (κ2) is 5.76. The average Bonchev–Trinajstić information content (AvgIpc) is 2.67. The number of rotatable bonds is 2. The van der Waals surface area contributed by atoms with Crippen molar-refractivity contribution in [2.75, 3.05) is 0 Å². The normalized spacial score (nSPS) is 20.0. The molecule has 1 atom stereocenters. The van der Waals surface area contributed by atoms with Gasteiger partial charge in [0.25, 0.3) is 0 Å². The second-order valence-corrected chi connectivity index (χ2v) is 6.84. The number of hydrogen-bond acceptors (Lipinski definition) is 3. The van der Waals surface area contributed by atoms with Crippen LogP contribution in [0.4, 0.5) is 22.0 Å². The van der Waals surface area contributed by atoms with Crippen molar-refractivity contribution in [3.63, 3.8) is 0 Å². The van der Waals surface area contributed by atoms with E-state index in [2.05, 4.69) is 0 Å². The molecule has 1 aliphatic heterocycles. The first-order chi connectivity index (χ1) is 11.6. The third-order valence-corrected chi connectivity index (χ3v) is 5.42. The topological polar surface area (TPSA) is 56.1 Å². The largest absolute Gasteiger partial charge is 0.606 e.